The molecule has 0 aromatic heterocycles. The van der Waals surface area contributed by atoms with Crippen LogP contribution >= 0.6 is 0 Å². The highest BCUT2D eigenvalue weighted by atomic mass is 16.5. The predicted molar refractivity (Wildman–Crippen MR) is 54.7 cm³/mol. The lowest BCUT2D eigenvalue weighted by Gasteiger charge is -2.06. The summed E-state index contributed by atoms with van der Waals surface area (Å²) in [6, 6.07) is 6.30. The van der Waals surface area contributed by atoms with Crippen molar-refractivity contribution in [2.75, 3.05) is 18.7 Å². The van der Waals surface area contributed by atoms with E-state index in [4.69, 9.17) is 4.74 Å². The van der Waals surface area contributed by atoms with Crippen molar-refractivity contribution in [3.63, 3.8) is 0 Å². The molecule has 0 spiro atoms. The summed E-state index contributed by atoms with van der Waals surface area (Å²) in [6.45, 7) is 5.16. The molecular weight excluding hydrogens is 162 g/mol. The second-order valence-corrected chi connectivity index (χ2v) is 3.10. The van der Waals surface area contributed by atoms with Crippen LogP contribution in [0.5, 0.6) is 0 Å². The Labute approximate surface area is 78.2 Å². The van der Waals surface area contributed by atoms with Crippen LogP contribution in [-0.2, 0) is 11.2 Å². The molecule has 0 atom stereocenters. The van der Waals surface area contributed by atoms with Crippen LogP contribution in [0.15, 0.2) is 24.8 Å². The lowest BCUT2D eigenvalue weighted by Crippen LogP contribution is -2.02. The standard InChI is InChI=1S/C11H13NO/c1-2-9-3-4-11-10(7-9)5-6-13-8-12-11/h2-4,7,12H,1,5-6,8H2. The number of anilines is 1. The molecule has 0 radical (unpaired) electrons. The summed E-state index contributed by atoms with van der Waals surface area (Å²) in [5, 5.41) is 3.22. The van der Waals surface area contributed by atoms with Crippen molar-refractivity contribution in [1.29, 1.82) is 0 Å². The molecule has 2 heteroatoms. The van der Waals surface area contributed by atoms with Crippen LogP contribution in [0, 0.1) is 0 Å². The van der Waals surface area contributed by atoms with Crippen LogP contribution in [-0.4, -0.2) is 13.3 Å². The molecule has 1 heterocycles. The summed E-state index contributed by atoms with van der Waals surface area (Å²) in [6.07, 6.45) is 2.84. The minimum absolute atomic E-state index is 0.612. The van der Waals surface area contributed by atoms with Crippen LogP contribution in [0.4, 0.5) is 5.69 Å². The number of nitrogens with one attached hydrogen (secondary N) is 1. The van der Waals surface area contributed by atoms with E-state index >= 15 is 0 Å². The molecular formula is C11H13NO. The van der Waals surface area contributed by atoms with Gasteiger partial charge in [0.2, 0.25) is 0 Å². The van der Waals surface area contributed by atoms with Crippen molar-refractivity contribution in [2.24, 2.45) is 0 Å². The summed E-state index contributed by atoms with van der Waals surface area (Å²) >= 11 is 0. The molecule has 2 rings (SSSR count). The van der Waals surface area contributed by atoms with Crippen LogP contribution < -0.4 is 5.32 Å². The molecule has 1 N–H and O–H groups in total. The first kappa shape index (κ1) is 8.32. The van der Waals surface area contributed by atoms with E-state index in [1.165, 1.54) is 16.8 Å². The number of benzene rings is 1. The Balaban J connectivity index is 2.37. The van der Waals surface area contributed by atoms with E-state index in [1.807, 2.05) is 6.08 Å². The summed E-state index contributed by atoms with van der Waals surface area (Å²) in [5.41, 5.74) is 3.67. The van der Waals surface area contributed by atoms with Crippen LogP contribution in [0.3, 0.4) is 0 Å². The highest BCUT2D eigenvalue weighted by Gasteiger charge is 2.06. The zero-order valence-corrected chi connectivity index (χ0v) is 7.55. The van der Waals surface area contributed by atoms with Crippen molar-refractivity contribution < 1.29 is 4.74 Å². The van der Waals surface area contributed by atoms with Gasteiger partial charge < -0.3 is 10.1 Å². The molecule has 1 aromatic carbocycles. The number of hydrogen-bond acceptors (Lipinski definition) is 2. The third-order valence-electron chi connectivity index (χ3n) is 2.25. The molecule has 0 saturated carbocycles. The fraction of sp³-hybridized carbons (Fsp3) is 0.273. The van der Waals surface area contributed by atoms with Gasteiger partial charge in [-0.2, -0.15) is 0 Å². The maximum absolute atomic E-state index is 5.31. The van der Waals surface area contributed by atoms with Crippen molar-refractivity contribution in [3.8, 4) is 0 Å². The van der Waals surface area contributed by atoms with Gasteiger partial charge in [0.15, 0.2) is 0 Å². The number of rotatable bonds is 1. The lowest BCUT2D eigenvalue weighted by atomic mass is 10.1. The third kappa shape index (κ3) is 1.73. The van der Waals surface area contributed by atoms with E-state index in [1.54, 1.807) is 0 Å². The van der Waals surface area contributed by atoms with Gasteiger partial charge in [-0.05, 0) is 29.7 Å². The van der Waals surface area contributed by atoms with Gasteiger partial charge in [0.05, 0.1) is 6.61 Å². The Morgan fingerprint density at radius 2 is 2.38 bits per heavy atom. The smallest absolute Gasteiger partial charge is 0.116 e. The minimum Gasteiger partial charge on any atom is -0.362 e. The van der Waals surface area contributed by atoms with Gasteiger partial charge in [0, 0.05) is 5.69 Å². The Morgan fingerprint density at radius 1 is 1.46 bits per heavy atom. The minimum atomic E-state index is 0.612. The zero-order valence-electron chi connectivity index (χ0n) is 7.55. The van der Waals surface area contributed by atoms with Gasteiger partial charge in [-0.25, -0.2) is 0 Å². The van der Waals surface area contributed by atoms with Crippen molar-refractivity contribution in [1.82, 2.24) is 0 Å². The fourth-order valence-corrected chi connectivity index (χ4v) is 1.50. The van der Waals surface area contributed by atoms with Crippen LogP contribution in [0.2, 0.25) is 0 Å². The average Bonchev–Trinajstić information content (AvgIpc) is 2.41. The molecule has 0 fully saturated rings. The number of fused-ring (bicyclic) bond motifs is 1. The van der Waals surface area contributed by atoms with E-state index in [2.05, 4.69) is 30.1 Å². The first-order chi connectivity index (χ1) is 6.40. The van der Waals surface area contributed by atoms with E-state index in [0.29, 0.717) is 6.73 Å². The Hall–Kier alpha value is -1.28. The average molecular weight is 175 g/mol. The number of hydrogen-bond donors (Lipinski definition) is 1. The second kappa shape index (κ2) is 3.62. The van der Waals surface area contributed by atoms with Gasteiger partial charge in [0.25, 0.3) is 0 Å². The molecule has 13 heavy (non-hydrogen) atoms. The third-order valence-corrected chi connectivity index (χ3v) is 2.25. The molecule has 0 saturated heterocycles. The van der Waals surface area contributed by atoms with E-state index in [9.17, 15) is 0 Å². The summed E-state index contributed by atoms with van der Waals surface area (Å²) < 4.78 is 5.31. The zero-order chi connectivity index (χ0) is 9.10. The molecule has 0 amide bonds. The quantitative estimate of drug-likeness (QED) is 0.707. The maximum atomic E-state index is 5.31. The Bertz CT molecular complexity index is 320. The normalized spacial score (nSPS) is 15.4. The fourth-order valence-electron chi connectivity index (χ4n) is 1.50. The van der Waals surface area contributed by atoms with E-state index in [-0.39, 0.29) is 0 Å². The first-order valence-corrected chi connectivity index (χ1v) is 4.47. The van der Waals surface area contributed by atoms with Crippen molar-refractivity contribution in [3.05, 3.63) is 35.9 Å². The number of ether oxygens (including phenoxy) is 1. The summed E-state index contributed by atoms with van der Waals surface area (Å²) in [4.78, 5) is 0. The van der Waals surface area contributed by atoms with Crippen molar-refractivity contribution in [2.45, 2.75) is 6.42 Å². The van der Waals surface area contributed by atoms with Gasteiger partial charge in [-0.3, -0.25) is 0 Å². The molecule has 0 aliphatic carbocycles. The van der Waals surface area contributed by atoms with Gasteiger partial charge >= 0.3 is 0 Å². The predicted octanol–water partition coefficient (Wildman–Crippen LogP) is 2.27. The Kier molecular flexibility index (Phi) is 2.32. The SMILES string of the molecule is C=Cc1ccc2c(c1)CCOCN2. The molecule has 1 aliphatic heterocycles. The van der Waals surface area contributed by atoms with Crippen LogP contribution in [0.1, 0.15) is 11.1 Å². The van der Waals surface area contributed by atoms with Gasteiger partial charge in [-0.15, -0.1) is 0 Å². The first-order valence-electron chi connectivity index (χ1n) is 4.47. The van der Waals surface area contributed by atoms with Gasteiger partial charge in [-0.1, -0.05) is 18.7 Å². The van der Waals surface area contributed by atoms with Crippen molar-refractivity contribution >= 4 is 11.8 Å². The summed E-state index contributed by atoms with van der Waals surface area (Å²) in [5.74, 6) is 0. The molecule has 68 valence electrons. The maximum Gasteiger partial charge on any atom is 0.116 e. The lowest BCUT2D eigenvalue weighted by molar-refractivity contribution is 0.160. The summed E-state index contributed by atoms with van der Waals surface area (Å²) in [7, 11) is 0. The molecule has 0 unspecified atom stereocenters. The largest absolute Gasteiger partial charge is 0.362 e. The van der Waals surface area contributed by atoms with Crippen LogP contribution in [0.25, 0.3) is 6.08 Å². The molecule has 0 bridgehead atoms. The van der Waals surface area contributed by atoms with E-state index < -0.39 is 0 Å². The Morgan fingerprint density at radius 3 is 3.23 bits per heavy atom. The topological polar surface area (TPSA) is 21.3 Å². The highest BCUT2D eigenvalue weighted by molar-refractivity contribution is 5.59. The molecule has 2 nitrogen and oxygen atoms in total. The monoisotopic (exact) mass is 175 g/mol. The highest BCUT2D eigenvalue weighted by Crippen LogP contribution is 2.20. The molecule has 1 aromatic rings. The second-order valence-electron chi connectivity index (χ2n) is 3.10. The van der Waals surface area contributed by atoms with E-state index in [0.717, 1.165) is 13.0 Å². The molecule has 1 aliphatic rings. The van der Waals surface area contributed by atoms with Gasteiger partial charge in [0.1, 0.15) is 6.73 Å².